The van der Waals surface area contributed by atoms with Crippen molar-refractivity contribution in [2.24, 2.45) is 5.92 Å². The summed E-state index contributed by atoms with van der Waals surface area (Å²) in [4.78, 5) is 2.35. The Morgan fingerprint density at radius 3 is 1.35 bits per heavy atom. The van der Waals surface area contributed by atoms with Crippen molar-refractivity contribution in [1.82, 2.24) is 4.90 Å². The molecule has 2 fully saturated rings. The van der Waals surface area contributed by atoms with Crippen LogP contribution in [0.1, 0.15) is 200 Å². The fraction of sp³-hybridized carbons (Fsp3) is 0.826. The van der Waals surface area contributed by atoms with Crippen molar-refractivity contribution in [3.8, 4) is 0 Å². The van der Waals surface area contributed by atoms with Crippen molar-refractivity contribution in [2.75, 3.05) is 20.6 Å². The van der Waals surface area contributed by atoms with Gasteiger partial charge < -0.3 is 14.4 Å². The first-order valence-electron chi connectivity index (χ1n) is 21.7. The summed E-state index contributed by atoms with van der Waals surface area (Å²) in [7, 11) is 4.42. The molecule has 1 aliphatic heterocycles. The van der Waals surface area contributed by atoms with E-state index in [0.717, 1.165) is 31.6 Å². The lowest BCUT2D eigenvalue weighted by Crippen LogP contribution is -2.35. The molecule has 1 saturated carbocycles. The van der Waals surface area contributed by atoms with Crippen LogP contribution in [-0.4, -0.2) is 43.5 Å². The van der Waals surface area contributed by atoms with E-state index in [1.807, 2.05) is 0 Å². The minimum atomic E-state index is -0.313. The van der Waals surface area contributed by atoms with Crippen LogP contribution in [0.4, 0.5) is 0 Å². The summed E-state index contributed by atoms with van der Waals surface area (Å²) in [6.45, 7) is 5.72. The second-order valence-corrected chi connectivity index (χ2v) is 15.8. The van der Waals surface area contributed by atoms with E-state index >= 15 is 0 Å². The van der Waals surface area contributed by atoms with E-state index in [9.17, 15) is 0 Å². The molecular formula is C46H83NO2. The Morgan fingerprint density at radius 2 is 0.898 bits per heavy atom. The summed E-state index contributed by atoms with van der Waals surface area (Å²) in [5.74, 6) is 0.437. The van der Waals surface area contributed by atoms with E-state index in [0.29, 0.717) is 12.2 Å². The number of rotatable bonds is 32. The van der Waals surface area contributed by atoms with E-state index in [2.05, 4.69) is 81.5 Å². The Kier molecular flexibility index (Phi) is 27.4. The molecule has 0 amide bonds. The van der Waals surface area contributed by atoms with Gasteiger partial charge in [0.25, 0.3) is 0 Å². The molecule has 3 atom stereocenters. The summed E-state index contributed by atoms with van der Waals surface area (Å²) >= 11 is 0. The molecule has 2 rings (SSSR count). The van der Waals surface area contributed by atoms with Crippen molar-refractivity contribution >= 4 is 0 Å². The molecule has 3 heteroatoms. The van der Waals surface area contributed by atoms with Gasteiger partial charge in [-0.1, -0.05) is 140 Å². The zero-order valence-corrected chi connectivity index (χ0v) is 33.3. The van der Waals surface area contributed by atoms with Crippen molar-refractivity contribution in [3.63, 3.8) is 0 Å². The lowest BCUT2D eigenvalue weighted by molar-refractivity contribution is -0.186. The highest BCUT2D eigenvalue weighted by atomic mass is 16.8. The van der Waals surface area contributed by atoms with Crippen LogP contribution in [0.3, 0.4) is 0 Å². The highest BCUT2D eigenvalue weighted by Gasteiger charge is 2.48. The topological polar surface area (TPSA) is 21.7 Å². The van der Waals surface area contributed by atoms with E-state index < -0.39 is 0 Å². The first-order chi connectivity index (χ1) is 24.1. The zero-order chi connectivity index (χ0) is 35.1. The summed E-state index contributed by atoms with van der Waals surface area (Å²) in [6.07, 6.45) is 56.5. The molecule has 0 bridgehead atoms. The Morgan fingerprint density at radius 1 is 0.490 bits per heavy atom. The lowest BCUT2D eigenvalue weighted by atomic mass is 9.85. The molecule has 0 aromatic carbocycles. The maximum absolute atomic E-state index is 6.95. The van der Waals surface area contributed by atoms with Gasteiger partial charge in [-0.25, -0.2) is 0 Å². The summed E-state index contributed by atoms with van der Waals surface area (Å²) in [5.41, 5.74) is 0. The highest BCUT2D eigenvalue weighted by molar-refractivity contribution is 4.94. The minimum Gasteiger partial charge on any atom is -0.344 e. The predicted octanol–water partition coefficient (Wildman–Crippen LogP) is 14.2. The number of nitrogens with zero attached hydrogens (tertiary/aromatic N) is 1. The fourth-order valence-electron chi connectivity index (χ4n) is 7.83. The third-order valence-electron chi connectivity index (χ3n) is 10.7. The molecule has 2 aliphatic rings. The Hall–Kier alpha value is -1.16. The molecule has 0 radical (unpaired) electrons. The number of fused-ring (bicyclic) bond motifs is 1. The second kappa shape index (κ2) is 30.5. The van der Waals surface area contributed by atoms with Crippen molar-refractivity contribution in [1.29, 1.82) is 0 Å². The summed E-state index contributed by atoms with van der Waals surface area (Å²) in [6, 6.07) is 0. The van der Waals surface area contributed by atoms with E-state index in [4.69, 9.17) is 9.47 Å². The first-order valence-corrected chi connectivity index (χ1v) is 21.7. The van der Waals surface area contributed by atoms with Gasteiger partial charge in [0.05, 0.1) is 12.2 Å². The molecule has 1 aliphatic carbocycles. The zero-order valence-electron chi connectivity index (χ0n) is 33.3. The Labute approximate surface area is 306 Å². The SMILES string of the molecule is CCCCC/C=C\C/C=C\CCCCCCCCC1(CCCCCCCC/C=C\C/C=C\CCCCC)OC2CC[C@H](CN(C)C)CC2O1. The Balaban J connectivity index is 1.61. The van der Waals surface area contributed by atoms with Crippen LogP contribution in [0.25, 0.3) is 0 Å². The highest BCUT2D eigenvalue weighted by Crippen LogP contribution is 2.44. The van der Waals surface area contributed by atoms with Crippen LogP contribution in [0.15, 0.2) is 48.6 Å². The van der Waals surface area contributed by atoms with Crippen LogP contribution in [0.2, 0.25) is 0 Å². The minimum absolute atomic E-state index is 0.313. The predicted molar refractivity (Wildman–Crippen MR) is 216 cm³/mol. The van der Waals surface area contributed by atoms with Crippen molar-refractivity contribution in [3.05, 3.63) is 48.6 Å². The number of hydrogen-bond donors (Lipinski definition) is 0. The third-order valence-corrected chi connectivity index (χ3v) is 10.7. The smallest absolute Gasteiger partial charge is 0.169 e. The van der Waals surface area contributed by atoms with Crippen LogP contribution in [0.5, 0.6) is 0 Å². The third kappa shape index (κ3) is 23.1. The quantitative estimate of drug-likeness (QED) is 0.0521. The van der Waals surface area contributed by atoms with Crippen LogP contribution in [0, 0.1) is 5.92 Å². The number of unbranched alkanes of at least 4 members (excludes halogenated alkanes) is 18. The molecular weight excluding hydrogens is 599 g/mol. The summed E-state index contributed by atoms with van der Waals surface area (Å²) in [5, 5.41) is 0. The standard InChI is InChI=1S/C46H83NO2/c1-5-7-9-11-13-15-17-19-21-23-25-27-29-31-33-35-39-46(48-44-38-37-43(42-47(3)4)41-45(44)49-46)40-36-34-32-30-28-26-24-22-20-18-16-14-12-10-8-6-2/h13-16,19-22,43-45H,5-12,17-18,23-42H2,1-4H3/b15-13-,16-14-,21-19-,22-20-/t43-,44?,45?/m0/s1. The molecule has 0 aromatic heterocycles. The van der Waals surface area contributed by atoms with Gasteiger partial charge in [0.2, 0.25) is 0 Å². The van der Waals surface area contributed by atoms with Gasteiger partial charge in [0, 0.05) is 19.4 Å². The average Bonchev–Trinajstić information content (AvgIpc) is 3.45. The van der Waals surface area contributed by atoms with Crippen LogP contribution in [-0.2, 0) is 9.47 Å². The molecule has 3 nitrogen and oxygen atoms in total. The van der Waals surface area contributed by atoms with E-state index in [-0.39, 0.29) is 5.79 Å². The van der Waals surface area contributed by atoms with E-state index in [1.54, 1.807) is 0 Å². The largest absolute Gasteiger partial charge is 0.344 e. The number of allylic oxidation sites excluding steroid dienone is 8. The molecule has 1 saturated heterocycles. The molecule has 284 valence electrons. The lowest BCUT2D eigenvalue weighted by Gasteiger charge is -2.31. The normalized spacial score (nSPS) is 21.0. The van der Waals surface area contributed by atoms with Gasteiger partial charge >= 0.3 is 0 Å². The number of ether oxygens (including phenoxy) is 2. The van der Waals surface area contributed by atoms with Gasteiger partial charge in [-0.2, -0.15) is 0 Å². The maximum Gasteiger partial charge on any atom is 0.169 e. The van der Waals surface area contributed by atoms with Gasteiger partial charge in [0.15, 0.2) is 5.79 Å². The molecule has 2 unspecified atom stereocenters. The monoisotopic (exact) mass is 682 g/mol. The number of hydrogen-bond acceptors (Lipinski definition) is 3. The average molecular weight is 682 g/mol. The van der Waals surface area contributed by atoms with Gasteiger partial charge in [-0.05, 0) is 116 Å². The van der Waals surface area contributed by atoms with Crippen molar-refractivity contribution < 1.29 is 9.47 Å². The van der Waals surface area contributed by atoms with Gasteiger partial charge in [0.1, 0.15) is 0 Å². The molecule has 0 spiro atoms. The maximum atomic E-state index is 6.95. The molecule has 1 heterocycles. The first kappa shape index (κ1) is 44.0. The molecule has 0 N–H and O–H groups in total. The molecule has 49 heavy (non-hydrogen) atoms. The summed E-state index contributed by atoms with van der Waals surface area (Å²) < 4.78 is 13.8. The van der Waals surface area contributed by atoms with Gasteiger partial charge in [-0.15, -0.1) is 0 Å². The van der Waals surface area contributed by atoms with E-state index in [1.165, 1.54) is 167 Å². The Bertz CT molecular complexity index is 809. The fourth-order valence-corrected chi connectivity index (χ4v) is 7.83. The van der Waals surface area contributed by atoms with Crippen LogP contribution >= 0.6 is 0 Å². The van der Waals surface area contributed by atoms with Crippen LogP contribution < -0.4 is 0 Å². The molecule has 0 aromatic rings. The van der Waals surface area contributed by atoms with Crippen molar-refractivity contribution in [2.45, 2.75) is 218 Å². The van der Waals surface area contributed by atoms with Gasteiger partial charge in [-0.3, -0.25) is 0 Å². The second-order valence-electron chi connectivity index (χ2n) is 15.8.